The van der Waals surface area contributed by atoms with Crippen LogP contribution in [-0.4, -0.2) is 46.2 Å². The zero-order valence-corrected chi connectivity index (χ0v) is 18.6. The number of H-pyrrole nitrogens is 1. The lowest BCUT2D eigenvalue weighted by Gasteiger charge is -2.12. The van der Waals surface area contributed by atoms with Crippen molar-refractivity contribution in [1.29, 1.82) is 0 Å². The highest BCUT2D eigenvalue weighted by Gasteiger charge is 2.18. The van der Waals surface area contributed by atoms with Gasteiger partial charge in [0.2, 0.25) is 0 Å². The Morgan fingerprint density at radius 1 is 1.06 bits per heavy atom. The second-order valence-corrected chi connectivity index (χ2v) is 8.04. The Labute approximate surface area is 195 Å². The van der Waals surface area contributed by atoms with Crippen molar-refractivity contribution < 1.29 is 9.90 Å². The van der Waals surface area contributed by atoms with Gasteiger partial charge < -0.3 is 9.67 Å². The Balaban J connectivity index is 1.52. The number of nitrogens with one attached hydrogen (secondary N) is 1. The smallest absolute Gasteiger partial charge is 0.337 e. The van der Waals surface area contributed by atoms with Crippen LogP contribution < -0.4 is 0 Å². The monoisotopic (exact) mass is 453 g/mol. The number of fused-ring (bicyclic) bond motifs is 1. The van der Waals surface area contributed by atoms with Crippen molar-refractivity contribution in [2.24, 2.45) is 0 Å². The fourth-order valence-corrected chi connectivity index (χ4v) is 4.15. The number of tetrazole rings is 1. The van der Waals surface area contributed by atoms with Gasteiger partial charge in [-0.05, 0) is 40.6 Å². The molecular formula is C25H23N7O2. The van der Waals surface area contributed by atoms with Crippen LogP contribution in [0.4, 0.5) is 0 Å². The van der Waals surface area contributed by atoms with Crippen LogP contribution in [0.2, 0.25) is 0 Å². The fourth-order valence-electron chi connectivity index (χ4n) is 4.15. The van der Waals surface area contributed by atoms with Crippen molar-refractivity contribution in [2.75, 3.05) is 0 Å². The van der Waals surface area contributed by atoms with Gasteiger partial charge in [-0.3, -0.25) is 4.98 Å². The highest BCUT2D eigenvalue weighted by Crippen LogP contribution is 2.29. The van der Waals surface area contributed by atoms with Crippen LogP contribution in [0, 0.1) is 0 Å². The number of aryl methyl sites for hydroxylation is 1. The number of aromatic amines is 1. The molecule has 170 valence electrons. The highest BCUT2D eigenvalue weighted by atomic mass is 16.4. The van der Waals surface area contributed by atoms with E-state index in [4.69, 9.17) is 9.97 Å². The summed E-state index contributed by atoms with van der Waals surface area (Å²) in [6.07, 6.45) is 4.62. The number of pyridine rings is 1. The number of unbranched alkanes of at least 4 members (excludes halogenated alkanes) is 1. The summed E-state index contributed by atoms with van der Waals surface area (Å²) >= 11 is 0. The molecule has 9 heteroatoms. The molecular weight excluding hydrogens is 430 g/mol. The van der Waals surface area contributed by atoms with Gasteiger partial charge in [0.25, 0.3) is 0 Å². The first kappa shape index (κ1) is 21.4. The number of benzene rings is 2. The van der Waals surface area contributed by atoms with E-state index < -0.39 is 5.97 Å². The van der Waals surface area contributed by atoms with E-state index in [1.165, 1.54) is 0 Å². The summed E-state index contributed by atoms with van der Waals surface area (Å²) in [7, 11) is 0. The Morgan fingerprint density at radius 3 is 2.62 bits per heavy atom. The first-order valence-electron chi connectivity index (χ1n) is 11.2. The van der Waals surface area contributed by atoms with Crippen molar-refractivity contribution in [3.63, 3.8) is 0 Å². The lowest BCUT2D eigenvalue weighted by Crippen LogP contribution is -2.09. The van der Waals surface area contributed by atoms with Crippen LogP contribution in [-0.2, 0) is 13.0 Å². The number of carbonyl (C=O) groups is 1. The number of imidazole rings is 1. The molecule has 34 heavy (non-hydrogen) atoms. The lowest BCUT2D eigenvalue weighted by atomic mass is 10.0. The molecule has 0 amide bonds. The van der Waals surface area contributed by atoms with Crippen molar-refractivity contribution in [2.45, 2.75) is 32.7 Å². The number of rotatable bonds is 8. The zero-order chi connectivity index (χ0) is 23.5. The summed E-state index contributed by atoms with van der Waals surface area (Å²) in [5.41, 5.74) is 5.13. The third-order valence-corrected chi connectivity index (χ3v) is 5.80. The lowest BCUT2D eigenvalue weighted by molar-refractivity contribution is 0.0698. The molecule has 0 bridgehead atoms. The summed E-state index contributed by atoms with van der Waals surface area (Å²) in [6, 6.07) is 17.0. The van der Waals surface area contributed by atoms with Crippen molar-refractivity contribution in [3.8, 4) is 22.6 Å². The minimum atomic E-state index is -0.958. The van der Waals surface area contributed by atoms with E-state index >= 15 is 0 Å². The van der Waals surface area contributed by atoms with Crippen LogP contribution >= 0.6 is 0 Å². The molecule has 5 rings (SSSR count). The topological polar surface area (TPSA) is 122 Å². The molecule has 3 heterocycles. The molecule has 0 aliphatic heterocycles. The minimum absolute atomic E-state index is 0.256. The number of aromatic carboxylic acids is 1. The zero-order valence-electron chi connectivity index (χ0n) is 18.6. The van der Waals surface area contributed by atoms with Gasteiger partial charge in [-0.15, -0.1) is 5.10 Å². The molecule has 0 fully saturated rings. The third kappa shape index (κ3) is 4.03. The summed E-state index contributed by atoms with van der Waals surface area (Å²) in [5.74, 6) is 0.506. The van der Waals surface area contributed by atoms with Crippen molar-refractivity contribution in [1.82, 2.24) is 35.2 Å². The minimum Gasteiger partial charge on any atom is -0.478 e. The molecule has 0 atom stereocenters. The maximum atomic E-state index is 11.9. The number of hydrogen-bond donors (Lipinski definition) is 2. The van der Waals surface area contributed by atoms with Crippen LogP contribution in [0.15, 0.2) is 60.8 Å². The molecule has 2 N–H and O–H groups in total. The molecule has 0 saturated heterocycles. The molecule has 0 aliphatic carbocycles. The Morgan fingerprint density at radius 2 is 1.91 bits per heavy atom. The van der Waals surface area contributed by atoms with Crippen LogP contribution in [0.1, 0.15) is 41.5 Å². The van der Waals surface area contributed by atoms with E-state index in [9.17, 15) is 9.90 Å². The van der Waals surface area contributed by atoms with Gasteiger partial charge in [-0.1, -0.05) is 49.7 Å². The molecule has 0 radical (unpaired) electrons. The van der Waals surface area contributed by atoms with Gasteiger partial charge in [-0.25, -0.2) is 14.9 Å². The predicted octanol–water partition coefficient (Wildman–Crippen LogP) is 4.37. The number of nitrogens with zero attached hydrogens (tertiary/aromatic N) is 6. The van der Waals surface area contributed by atoms with E-state index in [2.05, 4.69) is 27.5 Å². The normalized spacial score (nSPS) is 11.2. The second-order valence-electron chi connectivity index (χ2n) is 8.04. The van der Waals surface area contributed by atoms with Gasteiger partial charge in [0.1, 0.15) is 5.82 Å². The largest absolute Gasteiger partial charge is 0.478 e. The van der Waals surface area contributed by atoms with Crippen LogP contribution in [0.25, 0.3) is 33.7 Å². The van der Waals surface area contributed by atoms with E-state index in [1.54, 1.807) is 12.1 Å². The molecule has 3 aromatic heterocycles. The standard InChI is InChI=1S/C25H23N7O2/c1-2-3-11-22-27-21-10-6-9-19(25(33)34)23(21)32(22)15-16-12-13-20(26-14-16)17-7-4-5-8-18(17)24-28-30-31-29-24/h4-10,12-14H,2-3,11,15H2,1H3,(H,33,34)(H,28,29,30,31). The van der Waals surface area contributed by atoms with Gasteiger partial charge in [0, 0.05) is 23.7 Å². The summed E-state index contributed by atoms with van der Waals surface area (Å²) in [5, 5.41) is 23.9. The number of carboxylic acid groups (broad SMARTS) is 1. The van der Waals surface area contributed by atoms with Crippen molar-refractivity contribution in [3.05, 3.63) is 77.7 Å². The van der Waals surface area contributed by atoms with Crippen LogP contribution in [0.5, 0.6) is 0 Å². The summed E-state index contributed by atoms with van der Waals surface area (Å²) < 4.78 is 2.01. The summed E-state index contributed by atoms with van der Waals surface area (Å²) in [6.45, 7) is 2.62. The van der Waals surface area contributed by atoms with Gasteiger partial charge in [-0.2, -0.15) is 0 Å². The van der Waals surface area contributed by atoms with E-state index in [1.807, 2.05) is 53.2 Å². The quantitative estimate of drug-likeness (QED) is 0.358. The molecule has 0 unspecified atom stereocenters. The van der Waals surface area contributed by atoms with Gasteiger partial charge in [0.15, 0.2) is 5.82 Å². The Bertz CT molecular complexity index is 1440. The SMILES string of the molecule is CCCCc1nc2cccc(C(=O)O)c2n1Cc1ccc(-c2ccccc2-c2nnn[nH]2)nc1. The molecule has 0 aliphatic rings. The summed E-state index contributed by atoms with van der Waals surface area (Å²) in [4.78, 5) is 21.4. The number of para-hydroxylation sites is 1. The van der Waals surface area contributed by atoms with E-state index in [-0.39, 0.29) is 5.56 Å². The number of aromatic nitrogens is 7. The van der Waals surface area contributed by atoms with Crippen LogP contribution in [0.3, 0.4) is 0 Å². The average Bonchev–Trinajstić information content (AvgIpc) is 3.52. The molecule has 0 spiro atoms. The molecule has 5 aromatic rings. The molecule has 9 nitrogen and oxygen atoms in total. The Hall–Kier alpha value is -4.40. The molecule has 2 aromatic carbocycles. The Kier molecular flexibility index (Phi) is 5.82. The fraction of sp³-hybridized carbons (Fsp3) is 0.200. The predicted molar refractivity (Wildman–Crippen MR) is 127 cm³/mol. The van der Waals surface area contributed by atoms with Crippen molar-refractivity contribution >= 4 is 17.0 Å². The van der Waals surface area contributed by atoms with Gasteiger partial charge >= 0.3 is 5.97 Å². The molecule has 0 saturated carbocycles. The maximum Gasteiger partial charge on any atom is 0.337 e. The van der Waals surface area contributed by atoms with E-state index in [0.717, 1.165) is 47.5 Å². The second kappa shape index (κ2) is 9.22. The number of hydrogen-bond acceptors (Lipinski definition) is 6. The first-order valence-corrected chi connectivity index (χ1v) is 11.2. The van der Waals surface area contributed by atoms with E-state index in [0.29, 0.717) is 23.4 Å². The number of carboxylic acids is 1. The highest BCUT2D eigenvalue weighted by molar-refractivity contribution is 6.01. The third-order valence-electron chi connectivity index (χ3n) is 5.80. The van der Waals surface area contributed by atoms with Gasteiger partial charge in [0.05, 0.1) is 28.8 Å². The average molecular weight is 454 g/mol. The maximum absolute atomic E-state index is 11.9. The first-order chi connectivity index (χ1) is 16.7.